The first-order valence-corrected chi connectivity index (χ1v) is 10.4. The van der Waals surface area contributed by atoms with Crippen molar-refractivity contribution >= 4 is 34.5 Å². The first kappa shape index (κ1) is 20.4. The molecule has 2 heterocycles. The Balaban J connectivity index is 1.90. The van der Waals surface area contributed by atoms with Gasteiger partial charge >= 0.3 is 0 Å². The third kappa shape index (κ3) is 4.05. The van der Waals surface area contributed by atoms with E-state index in [0.717, 1.165) is 36.1 Å². The Labute approximate surface area is 172 Å². The highest BCUT2D eigenvalue weighted by atomic mass is 35.5. The molecule has 0 radical (unpaired) electrons. The minimum Gasteiger partial charge on any atom is -0.321 e. The van der Waals surface area contributed by atoms with Crippen LogP contribution in [-0.4, -0.2) is 20.7 Å². The Morgan fingerprint density at radius 1 is 1.32 bits per heavy atom. The van der Waals surface area contributed by atoms with Gasteiger partial charge in [-0.05, 0) is 51.3 Å². The highest BCUT2D eigenvalue weighted by Gasteiger charge is 2.20. The zero-order chi connectivity index (χ0) is 20.4. The van der Waals surface area contributed by atoms with E-state index < -0.39 is 0 Å². The number of thiazole rings is 1. The van der Waals surface area contributed by atoms with Gasteiger partial charge in [-0.15, -0.1) is 0 Å². The maximum atomic E-state index is 12.8. The van der Waals surface area contributed by atoms with Crippen LogP contribution in [0.2, 0.25) is 5.02 Å². The van der Waals surface area contributed by atoms with Crippen LogP contribution in [0, 0.1) is 20.8 Å². The topological polar surface area (TPSA) is 79.8 Å². The van der Waals surface area contributed by atoms with Crippen LogP contribution in [0.3, 0.4) is 0 Å². The Morgan fingerprint density at radius 3 is 2.79 bits per heavy atom. The van der Waals surface area contributed by atoms with E-state index in [1.807, 2.05) is 19.9 Å². The Bertz CT molecular complexity index is 1080. The van der Waals surface area contributed by atoms with Gasteiger partial charge in [-0.25, -0.2) is 4.98 Å². The van der Waals surface area contributed by atoms with E-state index in [2.05, 4.69) is 22.3 Å². The van der Waals surface area contributed by atoms with Gasteiger partial charge in [-0.1, -0.05) is 42.3 Å². The van der Waals surface area contributed by atoms with Crippen LogP contribution in [0.4, 0.5) is 5.69 Å². The number of carbonyl (C=O) groups is 1. The van der Waals surface area contributed by atoms with E-state index in [1.165, 1.54) is 16.0 Å². The molecule has 6 nitrogen and oxygen atoms in total. The Hall–Kier alpha value is -2.38. The van der Waals surface area contributed by atoms with E-state index in [9.17, 15) is 9.59 Å². The van der Waals surface area contributed by atoms with Crippen LogP contribution >= 0.6 is 22.9 Å². The molecule has 0 saturated heterocycles. The molecule has 0 spiro atoms. The maximum absolute atomic E-state index is 12.8. The first-order chi connectivity index (χ1) is 13.3. The Kier molecular flexibility index (Phi) is 6.05. The van der Waals surface area contributed by atoms with Crippen molar-refractivity contribution in [3.8, 4) is 5.13 Å². The van der Waals surface area contributed by atoms with Crippen molar-refractivity contribution in [3.63, 3.8) is 0 Å². The van der Waals surface area contributed by atoms with Crippen LogP contribution < -0.4 is 10.9 Å². The van der Waals surface area contributed by atoms with Gasteiger partial charge in [-0.2, -0.15) is 4.68 Å². The second kappa shape index (κ2) is 8.32. The van der Waals surface area contributed by atoms with Crippen LogP contribution in [0.25, 0.3) is 5.13 Å². The predicted octanol–water partition coefficient (Wildman–Crippen LogP) is 4.80. The number of hydrogen-bond donors (Lipinski definition) is 2. The zero-order valence-corrected chi connectivity index (χ0v) is 17.9. The number of carbonyl (C=O) groups excluding carboxylic acids is 1. The molecule has 0 fully saturated rings. The van der Waals surface area contributed by atoms with Crippen LogP contribution in [-0.2, 0) is 6.42 Å². The number of rotatable bonds is 6. The van der Waals surface area contributed by atoms with Gasteiger partial charge in [0, 0.05) is 22.0 Å². The van der Waals surface area contributed by atoms with E-state index in [4.69, 9.17) is 11.6 Å². The van der Waals surface area contributed by atoms with Gasteiger partial charge in [0.25, 0.3) is 11.5 Å². The molecule has 0 atom stereocenters. The van der Waals surface area contributed by atoms with Gasteiger partial charge in [0.1, 0.15) is 4.88 Å². The summed E-state index contributed by atoms with van der Waals surface area (Å²) in [4.78, 5) is 30.4. The minimum absolute atomic E-state index is 0.0997. The van der Waals surface area contributed by atoms with Gasteiger partial charge < -0.3 is 5.32 Å². The molecule has 0 aliphatic heterocycles. The lowest BCUT2D eigenvalue weighted by atomic mass is 10.1. The Morgan fingerprint density at radius 2 is 2.07 bits per heavy atom. The van der Waals surface area contributed by atoms with E-state index in [0.29, 0.717) is 26.4 Å². The molecule has 28 heavy (non-hydrogen) atoms. The number of amides is 1. The van der Waals surface area contributed by atoms with Crippen molar-refractivity contribution in [2.75, 3.05) is 5.32 Å². The minimum atomic E-state index is -0.269. The number of nitrogens with one attached hydrogen (secondary N) is 2. The maximum Gasteiger partial charge on any atom is 0.276 e. The lowest BCUT2D eigenvalue weighted by molar-refractivity contribution is 0.102. The van der Waals surface area contributed by atoms with Crippen molar-refractivity contribution in [2.24, 2.45) is 0 Å². The summed E-state index contributed by atoms with van der Waals surface area (Å²) in [6, 6.07) is 5.34. The number of H-pyrrole nitrogens is 1. The third-order valence-corrected chi connectivity index (χ3v) is 5.98. The molecule has 2 N–H and O–H groups in total. The summed E-state index contributed by atoms with van der Waals surface area (Å²) in [5.41, 5.74) is 3.66. The number of aryl methyl sites for hydroxylation is 3. The number of halogens is 1. The summed E-state index contributed by atoms with van der Waals surface area (Å²) >= 11 is 7.21. The third-order valence-electron chi connectivity index (χ3n) is 4.60. The molecule has 8 heteroatoms. The number of anilines is 1. The fourth-order valence-electron chi connectivity index (χ4n) is 2.96. The smallest absolute Gasteiger partial charge is 0.276 e. The molecule has 0 saturated carbocycles. The largest absolute Gasteiger partial charge is 0.321 e. The molecular formula is C20H23ClN4O2S. The van der Waals surface area contributed by atoms with Crippen LogP contribution in [0.1, 0.15) is 52.0 Å². The van der Waals surface area contributed by atoms with Crippen molar-refractivity contribution in [1.29, 1.82) is 0 Å². The fraction of sp³-hybridized carbons (Fsp3) is 0.350. The van der Waals surface area contributed by atoms with Crippen molar-refractivity contribution in [3.05, 3.63) is 61.0 Å². The van der Waals surface area contributed by atoms with Crippen molar-refractivity contribution in [1.82, 2.24) is 14.8 Å². The molecule has 1 amide bonds. The molecule has 0 unspecified atom stereocenters. The number of unbranched alkanes of at least 4 members (excludes halogenated alkanes) is 1. The highest BCUT2D eigenvalue weighted by Crippen LogP contribution is 2.25. The molecule has 148 valence electrons. The molecule has 3 aromatic rings. The molecular weight excluding hydrogens is 396 g/mol. The van der Waals surface area contributed by atoms with Crippen LogP contribution in [0.15, 0.2) is 23.0 Å². The summed E-state index contributed by atoms with van der Waals surface area (Å²) in [5, 5.41) is 6.98. The summed E-state index contributed by atoms with van der Waals surface area (Å²) < 4.78 is 1.43. The summed E-state index contributed by atoms with van der Waals surface area (Å²) in [5.74, 6) is -0.269. The monoisotopic (exact) mass is 418 g/mol. The van der Waals surface area contributed by atoms with Gasteiger partial charge in [0.05, 0.1) is 5.69 Å². The van der Waals surface area contributed by atoms with Crippen LogP contribution in [0.5, 0.6) is 0 Å². The number of aromatic nitrogens is 3. The molecule has 2 aromatic heterocycles. The summed E-state index contributed by atoms with van der Waals surface area (Å²) in [6.45, 7) is 7.64. The van der Waals surface area contributed by atoms with E-state index in [-0.39, 0.29) is 11.5 Å². The number of aromatic amines is 1. The predicted molar refractivity (Wildman–Crippen MR) is 114 cm³/mol. The van der Waals surface area contributed by atoms with E-state index in [1.54, 1.807) is 19.1 Å². The highest BCUT2D eigenvalue weighted by molar-refractivity contribution is 7.16. The number of benzene rings is 1. The second-order valence-corrected chi connectivity index (χ2v) is 8.20. The molecule has 0 aliphatic rings. The normalized spacial score (nSPS) is 11.0. The molecule has 0 bridgehead atoms. The molecule has 3 rings (SSSR count). The lowest BCUT2D eigenvalue weighted by Crippen LogP contribution is -2.17. The summed E-state index contributed by atoms with van der Waals surface area (Å²) in [6.07, 6.45) is 2.71. The molecule has 1 aromatic carbocycles. The average Bonchev–Trinajstić information content (AvgIpc) is 3.16. The second-order valence-electron chi connectivity index (χ2n) is 6.78. The van der Waals surface area contributed by atoms with Gasteiger partial charge in [-0.3, -0.25) is 14.7 Å². The zero-order valence-electron chi connectivity index (χ0n) is 16.4. The first-order valence-electron chi connectivity index (χ1n) is 9.17. The van der Waals surface area contributed by atoms with E-state index >= 15 is 0 Å². The standard InChI is InChI=1S/C20H23ClN4O2S/c1-5-6-7-15-12(3)24-25(19(15)27)20-22-13(4)17(28-20)18(26)23-16-10-14(21)9-8-11(16)2/h8-10,24H,5-7H2,1-4H3,(H,23,26). The number of nitrogens with zero attached hydrogens (tertiary/aromatic N) is 2. The van der Waals surface area contributed by atoms with Gasteiger partial charge in [0.2, 0.25) is 5.13 Å². The number of hydrogen-bond acceptors (Lipinski definition) is 4. The van der Waals surface area contributed by atoms with Crippen molar-refractivity contribution in [2.45, 2.75) is 47.0 Å². The SMILES string of the molecule is CCCCc1c(C)[nH]n(-c2nc(C)c(C(=O)Nc3cc(Cl)ccc3C)s2)c1=O. The van der Waals surface area contributed by atoms with Gasteiger partial charge in [0.15, 0.2) is 0 Å². The summed E-state index contributed by atoms with van der Waals surface area (Å²) in [7, 11) is 0. The average molecular weight is 419 g/mol. The lowest BCUT2D eigenvalue weighted by Gasteiger charge is -2.07. The quantitative estimate of drug-likeness (QED) is 0.603. The fourth-order valence-corrected chi connectivity index (χ4v) is 4.05. The van der Waals surface area contributed by atoms with Crippen molar-refractivity contribution < 1.29 is 4.79 Å². The molecule has 0 aliphatic carbocycles.